The summed E-state index contributed by atoms with van der Waals surface area (Å²) in [6, 6.07) is -1.13. The number of carbonyl (C=O) groups is 6. The van der Waals surface area contributed by atoms with E-state index in [0.29, 0.717) is 26.1 Å². The third kappa shape index (κ3) is 37.0. The van der Waals surface area contributed by atoms with Gasteiger partial charge in [-0.15, -0.1) is 0 Å². The highest BCUT2D eigenvalue weighted by Crippen LogP contribution is 2.14. The molecule has 0 bridgehead atoms. The van der Waals surface area contributed by atoms with Crippen LogP contribution in [0.15, 0.2) is 0 Å². The number of carbonyl (C=O) groups excluding carboxylic acids is 4. The van der Waals surface area contributed by atoms with E-state index in [9.17, 15) is 33.9 Å². The van der Waals surface area contributed by atoms with Crippen molar-refractivity contribution in [1.29, 1.82) is 0 Å². The summed E-state index contributed by atoms with van der Waals surface area (Å²) in [5.41, 5.74) is 5.29. The fourth-order valence-electron chi connectivity index (χ4n) is 5.18. The second kappa shape index (κ2) is 37.9. The van der Waals surface area contributed by atoms with Gasteiger partial charge in [0, 0.05) is 45.4 Å². The van der Waals surface area contributed by atoms with Crippen molar-refractivity contribution in [3.63, 3.8) is 0 Å². The maximum Gasteiger partial charge on any atom is 0.326 e. The van der Waals surface area contributed by atoms with Crippen LogP contribution in [0.4, 0.5) is 0 Å². The van der Waals surface area contributed by atoms with Crippen LogP contribution < -0.4 is 27.0 Å². The van der Waals surface area contributed by atoms with E-state index in [4.69, 9.17) is 29.8 Å². The van der Waals surface area contributed by atoms with Crippen LogP contribution in [0.3, 0.4) is 0 Å². The Kier molecular flexibility index (Phi) is 35.5. The van der Waals surface area contributed by atoms with Gasteiger partial charge in [0.05, 0.1) is 39.6 Å². The lowest BCUT2D eigenvalue weighted by molar-refractivity contribution is -0.142. The van der Waals surface area contributed by atoms with Gasteiger partial charge in [0.2, 0.25) is 23.6 Å². The van der Waals surface area contributed by atoms with Gasteiger partial charge in [-0.1, -0.05) is 77.0 Å². The molecule has 314 valence electrons. The first-order valence-electron chi connectivity index (χ1n) is 19.7. The molecule has 17 nitrogen and oxygen atoms in total. The summed E-state index contributed by atoms with van der Waals surface area (Å²) in [7, 11) is 0. The zero-order valence-corrected chi connectivity index (χ0v) is 32.3. The zero-order valence-electron chi connectivity index (χ0n) is 32.3. The van der Waals surface area contributed by atoms with Crippen LogP contribution in [0, 0.1) is 0 Å². The largest absolute Gasteiger partial charge is 0.481 e. The molecule has 0 rings (SSSR count). The molecule has 0 heterocycles. The van der Waals surface area contributed by atoms with Crippen LogP contribution in [-0.2, 0) is 47.7 Å². The topological polar surface area (TPSA) is 254 Å². The van der Waals surface area contributed by atoms with Crippen molar-refractivity contribution in [1.82, 2.24) is 21.3 Å². The van der Waals surface area contributed by atoms with Crippen molar-refractivity contribution in [2.75, 3.05) is 79.0 Å². The molecule has 0 fully saturated rings. The number of rotatable bonds is 40. The summed E-state index contributed by atoms with van der Waals surface area (Å²) in [6.45, 7) is 2.45. The molecule has 54 heavy (non-hydrogen) atoms. The third-order valence-corrected chi connectivity index (χ3v) is 8.15. The van der Waals surface area contributed by atoms with Gasteiger partial charge in [0.25, 0.3) is 0 Å². The first-order valence-corrected chi connectivity index (χ1v) is 19.7. The maximum atomic E-state index is 12.3. The Labute approximate surface area is 320 Å². The number of aliphatic carboxylic acids is 2. The smallest absolute Gasteiger partial charge is 0.326 e. The van der Waals surface area contributed by atoms with Crippen LogP contribution in [0.5, 0.6) is 0 Å². The quantitative estimate of drug-likeness (QED) is 0.0441. The summed E-state index contributed by atoms with van der Waals surface area (Å²) in [5.74, 6) is -3.12. The van der Waals surface area contributed by atoms with E-state index >= 15 is 0 Å². The van der Waals surface area contributed by atoms with Crippen molar-refractivity contribution in [3.8, 4) is 0 Å². The third-order valence-electron chi connectivity index (χ3n) is 8.15. The van der Waals surface area contributed by atoms with E-state index in [0.717, 1.165) is 38.5 Å². The lowest BCUT2D eigenvalue weighted by Crippen LogP contribution is -2.41. The van der Waals surface area contributed by atoms with E-state index in [2.05, 4.69) is 21.3 Å². The molecule has 0 aliphatic carbocycles. The number of ether oxygens (including phenoxy) is 4. The lowest BCUT2D eigenvalue weighted by Gasteiger charge is -2.14. The Balaban J connectivity index is 3.65. The highest BCUT2D eigenvalue weighted by Gasteiger charge is 2.20. The second-order valence-corrected chi connectivity index (χ2v) is 13.0. The SMILES string of the molecule is NCCNC(=O)COCCOCCNC(=O)COCCOCCNC(=O)CCC(NC(=O)CCCCCCCCCCCCCCCCC(=O)O)C(=O)O. The minimum absolute atomic E-state index is 0.0208. The van der Waals surface area contributed by atoms with Crippen LogP contribution in [0.2, 0.25) is 0 Å². The molecule has 0 aromatic carbocycles. The summed E-state index contributed by atoms with van der Waals surface area (Å²) < 4.78 is 21.1. The number of carboxylic acids is 2. The summed E-state index contributed by atoms with van der Waals surface area (Å²) in [6.07, 6.45) is 15.5. The number of hydrogen-bond acceptors (Lipinski definition) is 11. The molecule has 1 unspecified atom stereocenters. The van der Waals surface area contributed by atoms with Gasteiger partial charge < -0.3 is 56.2 Å². The normalized spacial score (nSPS) is 11.5. The molecule has 4 amide bonds. The Morgan fingerprint density at radius 3 is 1.31 bits per heavy atom. The van der Waals surface area contributed by atoms with Crippen molar-refractivity contribution in [3.05, 3.63) is 0 Å². The van der Waals surface area contributed by atoms with Gasteiger partial charge in [-0.3, -0.25) is 24.0 Å². The van der Waals surface area contributed by atoms with Gasteiger partial charge in [-0.25, -0.2) is 4.79 Å². The minimum Gasteiger partial charge on any atom is -0.481 e. The molecule has 0 radical (unpaired) electrons. The van der Waals surface area contributed by atoms with Gasteiger partial charge in [-0.05, 0) is 19.3 Å². The monoisotopic (exact) mass is 775 g/mol. The summed E-state index contributed by atoms with van der Waals surface area (Å²) >= 11 is 0. The van der Waals surface area contributed by atoms with Crippen LogP contribution in [0.25, 0.3) is 0 Å². The van der Waals surface area contributed by atoms with E-state index < -0.39 is 18.0 Å². The number of hydrogen-bond donors (Lipinski definition) is 7. The highest BCUT2D eigenvalue weighted by molar-refractivity contribution is 5.84. The molecule has 17 heteroatoms. The molecular formula is C37H69N5O12. The van der Waals surface area contributed by atoms with Crippen LogP contribution >= 0.6 is 0 Å². The fraction of sp³-hybridized carbons (Fsp3) is 0.838. The Morgan fingerprint density at radius 1 is 0.463 bits per heavy atom. The van der Waals surface area contributed by atoms with E-state index in [-0.39, 0.29) is 109 Å². The molecule has 0 saturated carbocycles. The first-order chi connectivity index (χ1) is 26.1. The van der Waals surface area contributed by atoms with E-state index in [1.807, 2.05) is 0 Å². The number of unbranched alkanes of at least 4 members (excludes halogenated alkanes) is 13. The first kappa shape index (κ1) is 50.6. The molecular weight excluding hydrogens is 706 g/mol. The van der Waals surface area contributed by atoms with Gasteiger partial charge >= 0.3 is 11.9 Å². The molecule has 0 aliphatic heterocycles. The Hall–Kier alpha value is -3.38. The number of carboxylic acid groups (broad SMARTS) is 2. The van der Waals surface area contributed by atoms with Gasteiger partial charge in [-0.2, -0.15) is 0 Å². The molecule has 0 aromatic rings. The molecule has 0 saturated heterocycles. The van der Waals surface area contributed by atoms with Gasteiger partial charge in [0.15, 0.2) is 0 Å². The van der Waals surface area contributed by atoms with Crippen molar-refractivity contribution in [2.24, 2.45) is 5.73 Å². The second-order valence-electron chi connectivity index (χ2n) is 13.0. The fourth-order valence-corrected chi connectivity index (χ4v) is 5.18. The van der Waals surface area contributed by atoms with Crippen molar-refractivity contribution in [2.45, 2.75) is 122 Å². The summed E-state index contributed by atoms with van der Waals surface area (Å²) in [5, 5.41) is 28.5. The average Bonchev–Trinajstić information content (AvgIpc) is 3.14. The van der Waals surface area contributed by atoms with Gasteiger partial charge in [0.1, 0.15) is 19.3 Å². The highest BCUT2D eigenvalue weighted by atomic mass is 16.5. The lowest BCUT2D eigenvalue weighted by atomic mass is 10.0. The van der Waals surface area contributed by atoms with Crippen LogP contribution in [0.1, 0.15) is 116 Å². The number of nitrogens with one attached hydrogen (secondary N) is 4. The molecule has 1 atom stereocenters. The van der Waals surface area contributed by atoms with E-state index in [1.165, 1.54) is 44.9 Å². The minimum atomic E-state index is -1.18. The van der Waals surface area contributed by atoms with Crippen molar-refractivity contribution < 1.29 is 57.9 Å². The predicted molar refractivity (Wildman–Crippen MR) is 202 cm³/mol. The molecule has 0 aliphatic rings. The Bertz CT molecular complexity index is 1000. The van der Waals surface area contributed by atoms with Crippen molar-refractivity contribution >= 4 is 35.6 Å². The zero-order chi connectivity index (χ0) is 39.9. The predicted octanol–water partition coefficient (Wildman–Crippen LogP) is 2.04. The Morgan fingerprint density at radius 2 is 0.870 bits per heavy atom. The molecule has 0 aromatic heterocycles. The van der Waals surface area contributed by atoms with Crippen LogP contribution in [-0.4, -0.2) is 131 Å². The number of amides is 4. The van der Waals surface area contributed by atoms with E-state index in [1.54, 1.807) is 0 Å². The number of nitrogens with two attached hydrogens (primary N) is 1. The molecule has 8 N–H and O–H groups in total. The molecule has 0 spiro atoms. The standard InChI is InChI=1S/C37H69N5O12/c38-19-20-39-34(45)29-53-27-26-52-24-22-41-35(46)30-54-28-25-51-23-21-40-32(43)18-17-31(37(49)50)42-33(44)15-13-11-9-7-5-3-1-2-4-6-8-10-12-14-16-36(47)48/h31H,1-30,38H2,(H,39,45)(H,40,43)(H,41,46)(H,42,44)(H,47,48)(H,49,50). The maximum absolute atomic E-state index is 12.3. The summed E-state index contributed by atoms with van der Waals surface area (Å²) in [4.78, 5) is 69.7. The average molecular weight is 776 g/mol.